The van der Waals surface area contributed by atoms with Crippen LogP contribution in [0.15, 0.2) is 140 Å². The van der Waals surface area contributed by atoms with Gasteiger partial charge in [0.2, 0.25) is 0 Å². The number of rotatable bonds is 6. The summed E-state index contributed by atoms with van der Waals surface area (Å²) in [5.74, 6) is 0. The summed E-state index contributed by atoms with van der Waals surface area (Å²) in [6.45, 7) is 0. The van der Waals surface area contributed by atoms with Gasteiger partial charge in [0, 0.05) is 99.8 Å². The van der Waals surface area contributed by atoms with Crippen molar-refractivity contribution in [3.05, 3.63) is 151 Å². The van der Waals surface area contributed by atoms with Crippen LogP contribution in [-0.2, 0) is 0 Å². The first-order valence-corrected chi connectivity index (χ1v) is 23.0. The molecule has 0 aliphatic heterocycles. The molecule has 5 aromatic carbocycles. The minimum Gasteiger partial charge on any atom is -0.378 e. The number of hydrogen-bond acceptors (Lipinski definition) is 8. The third-order valence-electron chi connectivity index (χ3n) is 9.77. The molecule has 0 saturated heterocycles. The monoisotopic (exact) mass is 1150 g/mol. The van der Waals surface area contributed by atoms with Crippen LogP contribution in [0, 0.1) is 10.7 Å². The van der Waals surface area contributed by atoms with Crippen LogP contribution in [0.3, 0.4) is 0 Å². The highest BCUT2D eigenvalue weighted by Crippen LogP contribution is 2.31. The van der Waals surface area contributed by atoms with Crippen LogP contribution in [0.5, 0.6) is 0 Å². The third kappa shape index (κ3) is 9.40. The Morgan fingerprint density at radius 1 is 0.500 bits per heavy atom. The number of halogens is 3. The molecule has 0 bridgehead atoms. The molecule has 0 N–H and O–H groups in total. The maximum atomic E-state index is 4.79. The predicted molar refractivity (Wildman–Crippen MR) is 277 cm³/mol. The lowest BCUT2D eigenvalue weighted by Crippen LogP contribution is -2.08. The maximum absolute atomic E-state index is 4.79. The van der Waals surface area contributed by atoms with Crippen molar-refractivity contribution in [2.24, 2.45) is 0 Å². The second kappa shape index (κ2) is 18.1. The van der Waals surface area contributed by atoms with Gasteiger partial charge in [-0.3, -0.25) is 4.40 Å². The lowest BCUT2D eigenvalue weighted by Gasteiger charge is -2.12. The Labute approximate surface area is 393 Å². The highest BCUT2D eigenvalue weighted by Gasteiger charge is 2.11. The molecule has 0 saturated carbocycles. The van der Waals surface area contributed by atoms with Gasteiger partial charge in [-0.1, -0.05) is 35.6 Å². The van der Waals surface area contributed by atoms with Crippen molar-refractivity contribution < 1.29 is 0 Å². The topological polar surface area (TPSA) is 75.0 Å². The first-order chi connectivity index (χ1) is 28.9. The van der Waals surface area contributed by atoms with E-state index in [9.17, 15) is 0 Å². The van der Waals surface area contributed by atoms with Crippen LogP contribution >= 0.6 is 79.1 Å². The summed E-state index contributed by atoms with van der Waals surface area (Å²) in [6, 6.07) is 41.9. The van der Waals surface area contributed by atoms with E-state index in [0.717, 1.165) is 55.5 Å². The van der Waals surface area contributed by atoms with Crippen LogP contribution in [0.1, 0.15) is 0 Å². The fourth-order valence-corrected chi connectivity index (χ4v) is 9.17. The molecule has 0 aliphatic rings. The number of imidazole rings is 2. The Bertz CT molecular complexity index is 2930. The van der Waals surface area contributed by atoms with E-state index < -0.39 is 0 Å². The minimum absolute atomic E-state index is 0.914. The van der Waals surface area contributed by atoms with Crippen molar-refractivity contribution in [2.75, 3.05) is 57.0 Å². The van der Waals surface area contributed by atoms with Crippen molar-refractivity contribution in [1.82, 2.24) is 33.8 Å². The number of anilines is 3. The van der Waals surface area contributed by atoms with Gasteiger partial charge >= 0.3 is 0 Å². The SMILES string of the molecule is CN(C)c1ccc(-c2cn3c(n2)sc2cc(I)ccc23)cc1.CN(C)c1ccc(-c2cn3cc(I)ccc3n2)cc1.CN(C)c1ccc(-n2nc3ccc(I)cc3n2)cc1. The van der Waals surface area contributed by atoms with Crippen LogP contribution in [-0.4, -0.2) is 76.0 Å². The molecule has 0 unspecified atom stereocenters. The van der Waals surface area contributed by atoms with Crippen LogP contribution in [0.2, 0.25) is 0 Å². The van der Waals surface area contributed by atoms with E-state index >= 15 is 0 Å². The van der Waals surface area contributed by atoms with E-state index in [0.29, 0.717) is 0 Å². The van der Waals surface area contributed by atoms with Crippen LogP contribution in [0.25, 0.3) is 60.1 Å². The van der Waals surface area contributed by atoms with Crippen molar-refractivity contribution >= 4 is 128 Å². The lowest BCUT2D eigenvalue weighted by atomic mass is 10.1. The zero-order valence-corrected chi connectivity index (χ0v) is 41.1. The molecule has 14 heteroatoms. The molecule has 10 nitrogen and oxygen atoms in total. The van der Waals surface area contributed by atoms with Gasteiger partial charge in [-0.2, -0.15) is 4.80 Å². The van der Waals surface area contributed by atoms with Crippen molar-refractivity contribution in [1.29, 1.82) is 0 Å². The Morgan fingerprint density at radius 2 is 1.03 bits per heavy atom. The van der Waals surface area contributed by atoms with Crippen molar-refractivity contribution in [2.45, 2.75) is 0 Å². The standard InChI is InChI=1S/C17H14IN3S.C15H14IN3.C14H13IN4/c1-20(2)13-6-3-11(4-7-13)14-10-21-15-8-5-12(18)9-16(15)22-17(21)19-14;1-18(2)13-6-3-11(4-7-13)14-10-19-9-12(16)5-8-15(19)17-14;1-18(2)11-4-6-12(7-5-11)19-16-13-8-3-10(15)9-14(13)17-19/h3-10H,1-2H3;3-10H,1-2H3;3-9H,1-2H3. The van der Waals surface area contributed by atoms with Gasteiger partial charge in [-0.05, 0) is 165 Å². The van der Waals surface area contributed by atoms with Gasteiger partial charge < -0.3 is 19.1 Å². The van der Waals surface area contributed by atoms with E-state index in [1.165, 1.54) is 32.3 Å². The highest BCUT2D eigenvalue weighted by atomic mass is 127. The molecule has 0 aliphatic carbocycles. The molecule has 5 heterocycles. The molecule has 0 radical (unpaired) electrons. The van der Waals surface area contributed by atoms with Crippen molar-refractivity contribution in [3.8, 4) is 28.2 Å². The smallest absolute Gasteiger partial charge is 0.195 e. The van der Waals surface area contributed by atoms with E-state index in [1.54, 1.807) is 16.1 Å². The van der Waals surface area contributed by atoms with Gasteiger partial charge in [0.1, 0.15) is 16.7 Å². The summed E-state index contributed by atoms with van der Waals surface area (Å²) in [4.78, 5) is 18.4. The molecule has 0 fully saturated rings. The zero-order chi connectivity index (χ0) is 42.1. The molecule has 60 heavy (non-hydrogen) atoms. The second-order valence-corrected chi connectivity index (χ2v) is 19.4. The number of nitrogens with zero attached hydrogens (tertiary/aromatic N) is 10. The van der Waals surface area contributed by atoms with Gasteiger partial charge in [-0.15, -0.1) is 10.2 Å². The molecule has 10 rings (SSSR count). The Kier molecular flexibility index (Phi) is 12.6. The quantitative estimate of drug-likeness (QED) is 0.154. The first kappa shape index (κ1) is 41.9. The number of benzene rings is 5. The van der Waals surface area contributed by atoms with Gasteiger partial charge in [0.15, 0.2) is 4.96 Å². The molecule has 0 spiro atoms. The summed E-state index contributed by atoms with van der Waals surface area (Å²) in [5.41, 5.74) is 12.9. The van der Waals surface area contributed by atoms with E-state index in [1.807, 2.05) is 64.6 Å². The summed E-state index contributed by atoms with van der Waals surface area (Å²) >= 11 is 8.68. The number of hydrogen-bond donors (Lipinski definition) is 0. The molecule has 5 aromatic heterocycles. The fourth-order valence-electron chi connectivity index (χ4n) is 6.47. The number of fused-ring (bicyclic) bond motifs is 5. The van der Waals surface area contributed by atoms with Crippen LogP contribution in [0.4, 0.5) is 17.1 Å². The molecule has 10 aromatic rings. The van der Waals surface area contributed by atoms with Gasteiger partial charge in [0.05, 0.1) is 27.3 Å². The minimum atomic E-state index is 0.914. The first-order valence-electron chi connectivity index (χ1n) is 19.0. The maximum Gasteiger partial charge on any atom is 0.195 e. The summed E-state index contributed by atoms with van der Waals surface area (Å²) in [7, 11) is 12.2. The number of aromatic nitrogens is 7. The van der Waals surface area contributed by atoms with Gasteiger partial charge in [0.25, 0.3) is 0 Å². The summed E-state index contributed by atoms with van der Waals surface area (Å²) < 4.78 is 9.16. The Morgan fingerprint density at radius 3 is 1.65 bits per heavy atom. The second-order valence-electron chi connectivity index (χ2n) is 14.6. The summed E-state index contributed by atoms with van der Waals surface area (Å²) in [5, 5.41) is 8.99. The molecule has 0 atom stereocenters. The lowest BCUT2D eigenvalue weighted by molar-refractivity contribution is 0.765. The zero-order valence-electron chi connectivity index (χ0n) is 33.8. The average Bonchev–Trinajstić information content (AvgIpc) is 4.03. The average molecular weight is 1150 g/mol. The normalized spacial score (nSPS) is 11.1. The molecule has 302 valence electrons. The van der Waals surface area contributed by atoms with E-state index in [4.69, 9.17) is 4.98 Å². The highest BCUT2D eigenvalue weighted by molar-refractivity contribution is 14.1. The number of pyridine rings is 1. The Hall–Kier alpha value is -4.79. The van der Waals surface area contributed by atoms with Crippen molar-refractivity contribution in [3.63, 3.8) is 0 Å². The molecular weight excluding hydrogens is 1110 g/mol. The van der Waals surface area contributed by atoms with Gasteiger partial charge in [-0.25, -0.2) is 9.97 Å². The predicted octanol–water partition coefficient (Wildman–Crippen LogP) is 11.6. The van der Waals surface area contributed by atoms with E-state index in [2.05, 4.69) is 224 Å². The largest absolute Gasteiger partial charge is 0.378 e. The fraction of sp³-hybridized carbons (Fsp3) is 0.130. The van der Waals surface area contributed by atoms with Crippen LogP contribution < -0.4 is 14.7 Å². The Balaban J connectivity index is 0.000000125. The third-order valence-corrected chi connectivity index (χ3v) is 12.8. The summed E-state index contributed by atoms with van der Waals surface area (Å²) in [6.07, 6.45) is 6.29. The molecular formula is C46H41I3N10S. The number of thiazole rings is 1. The molecule has 0 amide bonds. The van der Waals surface area contributed by atoms with E-state index in [-0.39, 0.29) is 0 Å².